The first-order valence-corrected chi connectivity index (χ1v) is 10.1. The lowest BCUT2D eigenvalue weighted by molar-refractivity contribution is -0.122. The number of hydrogen-bond acceptors (Lipinski definition) is 4. The molecule has 0 radical (unpaired) electrons. The third-order valence-corrected chi connectivity index (χ3v) is 5.27. The maximum atomic E-state index is 12.9. The Kier molecular flexibility index (Phi) is 6.49. The maximum Gasteiger partial charge on any atom is 0.243 e. The van der Waals surface area contributed by atoms with Crippen LogP contribution in [0.5, 0.6) is 0 Å². The summed E-state index contributed by atoms with van der Waals surface area (Å²) in [5.74, 6) is -0.853. The number of rotatable bonds is 6. The molecule has 7 heteroatoms. The van der Waals surface area contributed by atoms with E-state index in [2.05, 4.69) is 34.7 Å². The number of halogens is 1. The molecule has 2 amide bonds. The van der Waals surface area contributed by atoms with E-state index >= 15 is 0 Å². The van der Waals surface area contributed by atoms with Gasteiger partial charge in [-0.25, -0.2) is 9.37 Å². The normalized spacial score (nSPS) is 10.8. The topological polar surface area (TPSA) is 71.1 Å². The van der Waals surface area contributed by atoms with Crippen molar-refractivity contribution in [2.75, 3.05) is 17.6 Å². The van der Waals surface area contributed by atoms with E-state index in [-0.39, 0.29) is 29.9 Å². The van der Waals surface area contributed by atoms with Crippen molar-refractivity contribution in [3.8, 4) is 0 Å². The molecule has 0 aliphatic heterocycles. The molecular formula is C22H22FN3O2S. The average molecular weight is 412 g/mol. The van der Waals surface area contributed by atoms with Gasteiger partial charge in [0, 0.05) is 11.1 Å². The minimum atomic E-state index is -0.379. The highest BCUT2D eigenvalue weighted by atomic mass is 32.2. The second-order valence-electron chi connectivity index (χ2n) is 6.88. The van der Waals surface area contributed by atoms with Crippen LogP contribution in [-0.4, -0.2) is 29.1 Å². The van der Waals surface area contributed by atoms with Crippen molar-refractivity contribution < 1.29 is 14.0 Å². The zero-order valence-electron chi connectivity index (χ0n) is 16.5. The van der Waals surface area contributed by atoms with Gasteiger partial charge in [0.2, 0.25) is 11.8 Å². The Hall–Kier alpha value is -2.93. The molecule has 1 aromatic heterocycles. The number of fused-ring (bicyclic) bond motifs is 1. The molecule has 1 heterocycles. The van der Waals surface area contributed by atoms with E-state index in [9.17, 15) is 14.0 Å². The Balaban J connectivity index is 1.54. The fourth-order valence-corrected chi connectivity index (χ4v) is 3.79. The number of amides is 2. The van der Waals surface area contributed by atoms with Crippen LogP contribution in [0.15, 0.2) is 47.5 Å². The first-order chi connectivity index (χ1) is 13.8. The Labute approximate surface area is 173 Å². The van der Waals surface area contributed by atoms with Gasteiger partial charge in [0.1, 0.15) is 5.82 Å². The van der Waals surface area contributed by atoms with Gasteiger partial charge < -0.3 is 10.6 Å². The van der Waals surface area contributed by atoms with Crippen LogP contribution in [-0.2, 0) is 9.59 Å². The summed E-state index contributed by atoms with van der Waals surface area (Å²) in [5.41, 5.74) is 4.83. The Morgan fingerprint density at radius 3 is 2.45 bits per heavy atom. The molecule has 0 saturated carbocycles. The largest absolute Gasteiger partial charge is 0.346 e. The molecule has 3 rings (SSSR count). The molecule has 0 spiro atoms. The Morgan fingerprint density at radius 1 is 1.00 bits per heavy atom. The number of anilines is 1. The average Bonchev–Trinajstić information content (AvgIpc) is 2.67. The van der Waals surface area contributed by atoms with E-state index in [1.807, 2.05) is 19.9 Å². The molecule has 2 aromatic carbocycles. The van der Waals surface area contributed by atoms with Crippen molar-refractivity contribution in [2.24, 2.45) is 0 Å². The lowest BCUT2D eigenvalue weighted by atomic mass is 10.0. The first-order valence-electron chi connectivity index (χ1n) is 9.15. The number of hydrogen-bond donors (Lipinski definition) is 2. The molecule has 5 nitrogen and oxygen atoms in total. The van der Waals surface area contributed by atoms with E-state index in [1.54, 1.807) is 0 Å². The Bertz CT molecular complexity index is 1070. The van der Waals surface area contributed by atoms with Gasteiger partial charge in [-0.2, -0.15) is 0 Å². The summed E-state index contributed by atoms with van der Waals surface area (Å²) >= 11 is 1.33. The summed E-state index contributed by atoms with van der Waals surface area (Å²) in [5, 5.41) is 7.07. The molecule has 0 aliphatic rings. The van der Waals surface area contributed by atoms with Gasteiger partial charge in [0.05, 0.1) is 22.8 Å². The number of benzene rings is 2. The summed E-state index contributed by atoms with van der Waals surface area (Å²) in [6.45, 7) is 5.97. The number of carbonyl (C=O) groups is 2. The number of aromatic nitrogens is 1. The minimum Gasteiger partial charge on any atom is -0.346 e. The zero-order valence-corrected chi connectivity index (χ0v) is 17.3. The van der Waals surface area contributed by atoms with Crippen molar-refractivity contribution in [1.29, 1.82) is 0 Å². The number of pyridine rings is 1. The van der Waals surface area contributed by atoms with Crippen LogP contribution >= 0.6 is 11.8 Å². The molecule has 0 bridgehead atoms. The van der Waals surface area contributed by atoms with Crippen LogP contribution in [0.3, 0.4) is 0 Å². The molecule has 0 aliphatic carbocycles. The summed E-state index contributed by atoms with van der Waals surface area (Å²) in [4.78, 5) is 28.7. The van der Waals surface area contributed by atoms with Crippen molar-refractivity contribution in [3.05, 3.63) is 65.0 Å². The molecular weight excluding hydrogens is 389 g/mol. The second kappa shape index (κ2) is 9.05. The zero-order chi connectivity index (χ0) is 21.0. The van der Waals surface area contributed by atoms with Gasteiger partial charge in [-0.1, -0.05) is 23.4 Å². The van der Waals surface area contributed by atoms with Crippen LogP contribution in [0.25, 0.3) is 10.9 Å². The fraction of sp³-hybridized carbons (Fsp3) is 0.227. The monoisotopic (exact) mass is 411 g/mol. The lowest BCUT2D eigenvalue weighted by Gasteiger charge is -2.10. The van der Waals surface area contributed by atoms with Gasteiger partial charge >= 0.3 is 0 Å². The van der Waals surface area contributed by atoms with E-state index in [0.717, 1.165) is 27.1 Å². The fourth-order valence-electron chi connectivity index (χ4n) is 3.00. The quantitative estimate of drug-likeness (QED) is 0.598. The molecule has 0 atom stereocenters. The maximum absolute atomic E-state index is 12.9. The van der Waals surface area contributed by atoms with Gasteiger partial charge in [0.25, 0.3) is 0 Å². The molecule has 0 unspecified atom stereocenters. The van der Waals surface area contributed by atoms with E-state index in [4.69, 9.17) is 0 Å². The molecule has 3 aromatic rings. The minimum absolute atomic E-state index is 0.153. The van der Waals surface area contributed by atoms with Crippen LogP contribution in [0.1, 0.15) is 16.7 Å². The van der Waals surface area contributed by atoms with Crippen molar-refractivity contribution in [3.63, 3.8) is 0 Å². The van der Waals surface area contributed by atoms with Crippen molar-refractivity contribution in [2.45, 2.75) is 25.8 Å². The second-order valence-corrected chi connectivity index (χ2v) is 7.87. The number of nitrogens with zero attached hydrogens (tertiary/aromatic N) is 1. The lowest BCUT2D eigenvalue weighted by Crippen LogP contribution is -2.33. The van der Waals surface area contributed by atoms with Crippen LogP contribution in [0, 0.1) is 26.6 Å². The molecule has 29 heavy (non-hydrogen) atoms. The predicted octanol–water partition coefficient (Wildman–Crippen LogP) is 4.15. The summed E-state index contributed by atoms with van der Waals surface area (Å²) < 4.78 is 12.9. The molecule has 0 saturated heterocycles. The van der Waals surface area contributed by atoms with Gasteiger partial charge in [-0.3, -0.25) is 9.59 Å². The van der Waals surface area contributed by atoms with Crippen molar-refractivity contribution in [1.82, 2.24) is 10.3 Å². The van der Waals surface area contributed by atoms with Gasteiger partial charge in [-0.15, -0.1) is 0 Å². The van der Waals surface area contributed by atoms with Crippen LogP contribution in [0.4, 0.5) is 10.1 Å². The molecule has 2 N–H and O–H groups in total. The number of aryl methyl sites for hydroxylation is 3. The van der Waals surface area contributed by atoms with Gasteiger partial charge in [-0.05, 0) is 68.3 Å². The molecule has 150 valence electrons. The number of nitrogens with one attached hydrogen (secondary N) is 2. The number of thioether (sulfide) groups is 1. The highest BCUT2D eigenvalue weighted by Crippen LogP contribution is 2.26. The molecule has 0 fully saturated rings. The van der Waals surface area contributed by atoms with Crippen molar-refractivity contribution >= 4 is 40.2 Å². The smallest absolute Gasteiger partial charge is 0.243 e. The highest BCUT2D eigenvalue weighted by molar-refractivity contribution is 7.99. The standard InChI is InChI=1S/C22H22FN3O2S/c1-13-8-15(3)22-18(9-13)14(2)10-21(26-22)29-12-20(28)24-11-19(27)25-17-6-4-16(23)5-7-17/h4-10H,11-12H2,1-3H3,(H,24,28)(H,25,27). The van der Waals surface area contributed by atoms with Gasteiger partial charge in [0.15, 0.2) is 0 Å². The predicted molar refractivity (Wildman–Crippen MR) is 115 cm³/mol. The van der Waals surface area contributed by atoms with Crippen LogP contribution in [0.2, 0.25) is 0 Å². The van der Waals surface area contributed by atoms with E-state index in [1.165, 1.54) is 41.6 Å². The third-order valence-electron chi connectivity index (χ3n) is 4.36. The van der Waals surface area contributed by atoms with E-state index < -0.39 is 0 Å². The SMILES string of the molecule is Cc1cc(C)c2nc(SCC(=O)NCC(=O)Nc3ccc(F)cc3)cc(C)c2c1. The third kappa shape index (κ3) is 5.54. The summed E-state index contributed by atoms with van der Waals surface area (Å²) in [6.07, 6.45) is 0. The summed E-state index contributed by atoms with van der Waals surface area (Å²) in [6, 6.07) is 11.6. The Morgan fingerprint density at radius 2 is 1.72 bits per heavy atom. The summed E-state index contributed by atoms with van der Waals surface area (Å²) in [7, 11) is 0. The highest BCUT2D eigenvalue weighted by Gasteiger charge is 2.10. The van der Waals surface area contributed by atoms with Crippen LogP contribution < -0.4 is 10.6 Å². The number of carbonyl (C=O) groups excluding carboxylic acids is 2. The first kappa shape index (κ1) is 20.8. The van der Waals surface area contributed by atoms with E-state index in [0.29, 0.717) is 5.69 Å².